The van der Waals surface area contributed by atoms with Crippen molar-refractivity contribution in [1.82, 2.24) is 0 Å². The summed E-state index contributed by atoms with van der Waals surface area (Å²) in [5, 5.41) is 9.28. The molecule has 1 unspecified atom stereocenters. The molecule has 0 amide bonds. The summed E-state index contributed by atoms with van der Waals surface area (Å²) in [5.41, 5.74) is 2.67. The Morgan fingerprint density at radius 2 is 1.85 bits per heavy atom. The third kappa shape index (κ3) is 2.29. The van der Waals surface area contributed by atoms with Crippen molar-refractivity contribution < 1.29 is 9.50 Å². The molecule has 0 saturated heterocycles. The van der Waals surface area contributed by atoms with Gasteiger partial charge in [0.25, 0.3) is 0 Å². The van der Waals surface area contributed by atoms with Crippen LogP contribution in [0.3, 0.4) is 0 Å². The van der Waals surface area contributed by atoms with Crippen LogP contribution in [0, 0.1) is 13.8 Å². The molecule has 72 valence electrons. The van der Waals surface area contributed by atoms with Gasteiger partial charge in [0.15, 0.2) is 0 Å². The Morgan fingerprint density at radius 3 is 2.23 bits per heavy atom. The fraction of sp³-hybridized carbons (Fsp3) is 0.400. The Morgan fingerprint density at radius 1 is 1.38 bits per heavy atom. The van der Waals surface area contributed by atoms with Gasteiger partial charge in [0.2, 0.25) is 0 Å². The normalized spacial score (nSPS) is 13.0. The van der Waals surface area contributed by atoms with E-state index < -0.39 is 12.8 Å². The molecule has 0 saturated carbocycles. The Bertz CT molecular complexity index is 289. The van der Waals surface area contributed by atoms with E-state index in [0.29, 0.717) is 5.56 Å². The van der Waals surface area contributed by atoms with Crippen LogP contribution >= 0.6 is 15.9 Å². The lowest BCUT2D eigenvalue weighted by molar-refractivity contribution is 0.141. The van der Waals surface area contributed by atoms with Crippen LogP contribution in [0.5, 0.6) is 0 Å². The van der Waals surface area contributed by atoms with E-state index in [0.717, 1.165) is 15.6 Å². The molecular weight excluding hydrogens is 235 g/mol. The number of halogens is 2. The first-order chi connectivity index (χ1) is 6.06. The summed E-state index contributed by atoms with van der Waals surface area (Å²) in [6.45, 7) is 3.11. The third-order valence-electron chi connectivity index (χ3n) is 1.99. The average Bonchev–Trinajstić information content (AvgIpc) is 2.12. The van der Waals surface area contributed by atoms with Gasteiger partial charge in [-0.15, -0.1) is 0 Å². The molecule has 0 spiro atoms. The summed E-state index contributed by atoms with van der Waals surface area (Å²) >= 11 is 3.41. The van der Waals surface area contributed by atoms with Gasteiger partial charge < -0.3 is 5.11 Å². The largest absolute Gasteiger partial charge is 0.386 e. The lowest BCUT2D eigenvalue weighted by Gasteiger charge is -2.10. The highest BCUT2D eigenvalue weighted by Gasteiger charge is 2.09. The molecule has 1 N–H and O–H groups in total. The van der Waals surface area contributed by atoms with E-state index in [1.165, 1.54) is 0 Å². The summed E-state index contributed by atoms with van der Waals surface area (Å²) in [4.78, 5) is 0. The maximum Gasteiger partial charge on any atom is 0.119 e. The molecule has 13 heavy (non-hydrogen) atoms. The molecule has 0 aliphatic rings. The summed E-state index contributed by atoms with van der Waals surface area (Å²) in [6, 6.07) is 3.59. The molecule has 1 aromatic carbocycles. The average molecular weight is 247 g/mol. The molecule has 0 aliphatic carbocycles. The van der Waals surface area contributed by atoms with E-state index in [1.807, 2.05) is 13.8 Å². The van der Waals surface area contributed by atoms with Gasteiger partial charge in [-0.25, -0.2) is 4.39 Å². The first-order valence-corrected chi connectivity index (χ1v) is 4.86. The van der Waals surface area contributed by atoms with E-state index >= 15 is 0 Å². The van der Waals surface area contributed by atoms with E-state index in [-0.39, 0.29) is 0 Å². The molecule has 1 rings (SSSR count). The Kier molecular flexibility index (Phi) is 3.45. The second-order valence-corrected chi connectivity index (χ2v) is 3.93. The van der Waals surface area contributed by atoms with E-state index in [2.05, 4.69) is 15.9 Å². The number of aryl methyl sites for hydroxylation is 2. The number of aliphatic hydroxyl groups excluding tert-OH is 1. The van der Waals surface area contributed by atoms with Gasteiger partial charge >= 0.3 is 0 Å². The Balaban J connectivity index is 3.13. The quantitative estimate of drug-likeness (QED) is 0.851. The van der Waals surface area contributed by atoms with E-state index in [9.17, 15) is 9.50 Å². The maximum absolute atomic E-state index is 12.2. The molecule has 0 aliphatic heterocycles. The van der Waals surface area contributed by atoms with E-state index in [1.54, 1.807) is 12.1 Å². The highest BCUT2D eigenvalue weighted by Crippen LogP contribution is 2.25. The lowest BCUT2D eigenvalue weighted by Crippen LogP contribution is -2.00. The van der Waals surface area contributed by atoms with Crippen LogP contribution in [0.25, 0.3) is 0 Å². The van der Waals surface area contributed by atoms with E-state index in [4.69, 9.17) is 0 Å². The SMILES string of the molecule is Cc1cc(C(O)CF)cc(C)c1Br. The van der Waals surface area contributed by atoms with Crippen LogP contribution in [-0.2, 0) is 0 Å². The van der Waals surface area contributed by atoms with Crippen molar-refractivity contribution >= 4 is 15.9 Å². The van der Waals surface area contributed by atoms with Crippen molar-refractivity contribution in [1.29, 1.82) is 0 Å². The zero-order chi connectivity index (χ0) is 10.0. The first kappa shape index (κ1) is 10.7. The van der Waals surface area contributed by atoms with Gasteiger partial charge in [-0.2, -0.15) is 0 Å². The second-order valence-electron chi connectivity index (χ2n) is 3.14. The number of hydrogen-bond acceptors (Lipinski definition) is 1. The molecule has 0 fully saturated rings. The van der Waals surface area contributed by atoms with Gasteiger partial charge in [0, 0.05) is 4.47 Å². The third-order valence-corrected chi connectivity index (χ3v) is 3.24. The number of rotatable bonds is 2. The molecule has 0 radical (unpaired) electrons. The van der Waals surface area contributed by atoms with Crippen LogP contribution in [0.15, 0.2) is 16.6 Å². The molecule has 1 aromatic rings. The lowest BCUT2D eigenvalue weighted by atomic mass is 10.0. The molecule has 0 heterocycles. The van der Waals surface area contributed by atoms with Crippen molar-refractivity contribution in [2.24, 2.45) is 0 Å². The Labute approximate surface area is 85.7 Å². The fourth-order valence-corrected chi connectivity index (χ4v) is 1.49. The summed E-state index contributed by atoms with van der Waals surface area (Å²) < 4.78 is 13.2. The first-order valence-electron chi connectivity index (χ1n) is 4.07. The van der Waals surface area contributed by atoms with Crippen molar-refractivity contribution in [3.63, 3.8) is 0 Å². The summed E-state index contributed by atoms with van der Waals surface area (Å²) in [7, 11) is 0. The van der Waals surface area contributed by atoms with Crippen molar-refractivity contribution in [2.75, 3.05) is 6.67 Å². The summed E-state index contributed by atoms with van der Waals surface area (Å²) in [5.74, 6) is 0. The van der Waals surface area contributed by atoms with Gasteiger partial charge in [-0.1, -0.05) is 28.1 Å². The monoisotopic (exact) mass is 246 g/mol. The van der Waals surface area contributed by atoms with Crippen LogP contribution in [0.1, 0.15) is 22.8 Å². The zero-order valence-corrected chi connectivity index (χ0v) is 9.23. The van der Waals surface area contributed by atoms with Crippen LogP contribution in [0.4, 0.5) is 4.39 Å². The predicted octanol–water partition coefficient (Wildman–Crippen LogP) is 3.07. The van der Waals surface area contributed by atoms with Crippen molar-refractivity contribution in [3.05, 3.63) is 33.3 Å². The Hall–Kier alpha value is -0.410. The molecule has 3 heteroatoms. The highest BCUT2D eigenvalue weighted by molar-refractivity contribution is 9.10. The number of hydrogen-bond donors (Lipinski definition) is 1. The van der Waals surface area contributed by atoms with Gasteiger partial charge in [-0.05, 0) is 30.5 Å². The molecule has 1 atom stereocenters. The van der Waals surface area contributed by atoms with Crippen LogP contribution < -0.4 is 0 Å². The standard InChI is InChI=1S/C10H12BrFO/c1-6-3-8(9(13)5-12)4-7(2)10(6)11/h3-4,9,13H,5H2,1-2H3. The summed E-state index contributed by atoms with van der Waals surface area (Å²) in [6.07, 6.45) is -0.995. The van der Waals surface area contributed by atoms with Crippen molar-refractivity contribution in [3.8, 4) is 0 Å². The number of alkyl halides is 1. The minimum Gasteiger partial charge on any atom is -0.386 e. The van der Waals surface area contributed by atoms with Gasteiger partial charge in [-0.3, -0.25) is 0 Å². The fourth-order valence-electron chi connectivity index (χ4n) is 1.26. The molecular formula is C10H12BrFO. The molecule has 0 bridgehead atoms. The predicted molar refractivity (Wildman–Crippen MR) is 54.6 cm³/mol. The second kappa shape index (κ2) is 4.20. The maximum atomic E-state index is 12.2. The number of aliphatic hydroxyl groups is 1. The van der Waals surface area contributed by atoms with Crippen LogP contribution in [-0.4, -0.2) is 11.8 Å². The van der Waals surface area contributed by atoms with Crippen LogP contribution in [0.2, 0.25) is 0 Å². The zero-order valence-electron chi connectivity index (χ0n) is 7.64. The topological polar surface area (TPSA) is 20.2 Å². The van der Waals surface area contributed by atoms with Gasteiger partial charge in [0.1, 0.15) is 12.8 Å². The smallest absolute Gasteiger partial charge is 0.119 e. The highest BCUT2D eigenvalue weighted by atomic mass is 79.9. The van der Waals surface area contributed by atoms with Crippen molar-refractivity contribution in [2.45, 2.75) is 20.0 Å². The molecule has 1 nitrogen and oxygen atoms in total. The minimum atomic E-state index is -0.995. The van der Waals surface area contributed by atoms with Gasteiger partial charge in [0.05, 0.1) is 0 Å². The molecule has 0 aromatic heterocycles. The minimum absolute atomic E-state index is 0.640. The number of benzene rings is 1.